The van der Waals surface area contributed by atoms with Crippen LogP contribution in [-0.2, 0) is 0 Å². The first-order chi connectivity index (χ1) is 7.36. The normalized spacial score (nSPS) is 11.9. The average Bonchev–Trinajstić information content (AvgIpc) is 2.30. The van der Waals surface area contributed by atoms with Gasteiger partial charge in [0.2, 0.25) is 0 Å². The summed E-state index contributed by atoms with van der Waals surface area (Å²) in [6.45, 7) is 0. The number of rotatable bonds is 0. The van der Waals surface area contributed by atoms with Gasteiger partial charge in [0.1, 0.15) is 0 Å². The van der Waals surface area contributed by atoms with Crippen LogP contribution in [0.4, 0.5) is 0 Å². The van der Waals surface area contributed by atoms with Gasteiger partial charge in [0.15, 0.2) is 0 Å². The Bertz CT molecular complexity index is 592. The molecule has 2 aromatic carbocycles. The van der Waals surface area contributed by atoms with Crippen LogP contribution < -0.4 is 0 Å². The van der Waals surface area contributed by atoms with E-state index < -0.39 is 0 Å². The van der Waals surface area contributed by atoms with Crippen LogP contribution in [0.15, 0.2) is 59.0 Å². The Morgan fingerprint density at radius 2 is 1.29 bits per heavy atom. The SMILES string of the molecule is [2H]c1c2ccccc2[o+]c2ccccc12. The van der Waals surface area contributed by atoms with Gasteiger partial charge in [-0.05, 0) is 18.2 Å². The van der Waals surface area contributed by atoms with Gasteiger partial charge < -0.3 is 0 Å². The highest BCUT2D eigenvalue weighted by Gasteiger charge is 2.09. The van der Waals surface area contributed by atoms with Crippen LogP contribution in [0.5, 0.6) is 0 Å². The van der Waals surface area contributed by atoms with Crippen molar-refractivity contribution in [1.29, 1.82) is 0 Å². The zero-order valence-corrected chi connectivity index (χ0v) is 7.53. The molecule has 1 nitrogen and oxygen atoms in total. The molecule has 0 aliphatic rings. The first kappa shape index (κ1) is 6.55. The smallest absolute Gasteiger partial charge is 0.207 e. The highest BCUT2D eigenvalue weighted by Crippen LogP contribution is 2.21. The van der Waals surface area contributed by atoms with E-state index in [-0.39, 0.29) is 0 Å². The first-order valence-electron chi connectivity index (χ1n) is 5.06. The fourth-order valence-corrected chi connectivity index (χ4v) is 1.58. The van der Waals surface area contributed by atoms with Gasteiger partial charge in [-0.25, -0.2) is 4.42 Å². The third-order valence-corrected chi connectivity index (χ3v) is 2.26. The fourth-order valence-electron chi connectivity index (χ4n) is 1.58. The molecular weight excluding hydrogens is 172 g/mol. The van der Waals surface area contributed by atoms with Crippen molar-refractivity contribution in [2.75, 3.05) is 0 Å². The van der Waals surface area contributed by atoms with Crippen LogP contribution in [0, 0.1) is 0 Å². The van der Waals surface area contributed by atoms with Gasteiger partial charge in [0, 0.05) is 12.1 Å². The van der Waals surface area contributed by atoms with E-state index in [0.29, 0.717) is 6.04 Å². The minimum Gasteiger partial charge on any atom is -0.207 e. The molecule has 0 amide bonds. The van der Waals surface area contributed by atoms with Crippen molar-refractivity contribution in [3.8, 4) is 0 Å². The molecule has 0 fully saturated rings. The molecule has 1 heterocycles. The van der Waals surface area contributed by atoms with Gasteiger partial charge in [-0.15, -0.1) is 0 Å². The second-order valence-corrected chi connectivity index (χ2v) is 3.22. The molecule has 0 aliphatic carbocycles. The van der Waals surface area contributed by atoms with Crippen LogP contribution in [0.2, 0.25) is 0 Å². The number of fused-ring (bicyclic) bond motifs is 2. The van der Waals surface area contributed by atoms with E-state index in [1.54, 1.807) is 0 Å². The monoisotopic (exact) mass is 182 g/mol. The number of hydrogen-bond acceptors (Lipinski definition) is 0. The Labute approximate surface area is 83.0 Å². The summed E-state index contributed by atoms with van der Waals surface area (Å²) in [7, 11) is 0. The predicted molar refractivity (Wildman–Crippen MR) is 58.1 cm³/mol. The molecule has 0 aliphatic heterocycles. The molecule has 0 saturated carbocycles. The van der Waals surface area contributed by atoms with Gasteiger partial charge >= 0.3 is 11.2 Å². The van der Waals surface area contributed by atoms with Gasteiger partial charge in [0.05, 0.1) is 12.1 Å². The second-order valence-electron chi connectivity index (χ2n) is 3.22. The van der Waals surface area contributed by atoms with Crippen molar-refractivity contribution in [3.63, 3.8) is 0 Å². The molecule has 0 spiro atoms. The molecule has 66 valence electrons. The third kappa shape index (κ3) is 1.06. The van der Waals surface area contributed by atoms with Crippen molar-refractivity contribution < 1.29 is 5.79 Å². The molecule has 0 N–H and O–H groups in total. The zero-order valence-electron chi connectivity index (χ0n) is 8.53. The maximum absolute atomic E-state index is 8.07. The lowest BCUT2D eigenvalue weighted by molar-refractivity contribution is 0.661. The molecule has 0 unspecified atom stereocenters. The maximum atomic E-state index is 8.07. The molecule has 0 bridgehead atoms. The Balaban J connectivity index is 2.60. The Kier molecular flexibility index (Phi) is 1.31. The first-order valence-corrected chi connectivity index (χ1v) is 4.56. The summed E-state index contributed by atoms with van der Waals surface area (Å²) in [5.74, 6) is 0. The Morgan fingerprint density at radius 1 is 0.786 bits per heavy atom. The van der Waals surface area contributed by atoms with Crippen molar-refractivity contribution in [2.24, 2.45) is 0 Å². The molecule has 0 radical (unpaired) electrons. The maximum Gasteiger partial charge on any atom is 0.360 e. The summed E-state index contributed by atoms with van der Waals surface area (Å²) in [6, 6.07) is 15.8. The standard InChI is InChI=1S/C13H9O/c1-3-7-12-10(5-1)9-11-6-2-4-8-13(11)14-12/h1-9H/q+1/i9D. The molecule has 1 aromatic heterocycles. The minimum atomic E-state index is 0.535. The molecule has 3 aromatic rings. The van der Waals surface area contributed by atoms with E-state index in [1.165, 1.54) is 0 Å². The van der Waals surface area contributed by atoms with E-state index in [4.69, 9.17) is 5.79 Å². The van der Waals surface area contributed by atoms with Crippen LogP contribution in [0.3, 0.4) is 0 Å². The van der Waals surface area contributed by atoms with Gasteiger partial charge in [-0.1, -0.05) is 24.3 Å². The van der Waals surface area contributed by atoms with Gasteiger partial charge in [-0.3, -0.25) is 0 Å². The summed E-state index contributed by atoms with van der Waals surface area (Å²) in [6.07, 6.45) is 0. The third-order valence-electron chi connectivity index (χ3n) is 2.26. The molecule has 1 heteroatoms. The lowest BCUT2D eigenvalue weighted by atomic mass is 10.1. The lowest BCUT2D eigenvalue weighted by Crippen LogP contribution is -1.74. The summed E-state index contributed by atoms with van der Waals surface area (Å²) in [5, 5.41) is 1.72. The molecular formula is C13H9O+. The Morgan fingerprint density at radius 3 is 1.86 bits per heavy atom. The van der Waals surface area contributed by atoms with Crippen molar-refractivity contribution >= 4 is 21.9 Å². The van der Waals surface area contributed by atoms with Crippen LogP contribution in [0.1, 0.15) is 1.37 Å². The second kappa shape index (κ2) is 2.81. The average molecular weight is 182 g/mol. The molecule has 14 heavy (non-hydrogen) atoms. The van der Waals surface area contributed by atoms with Crippen molar-refractivity contribution in [3.05, 3.63) is 54.6 Å². The summed E-state index contributed by atoms with van der Waals surface area (Å²) in [4.78, 5) is 0. The van der Waals surface area contributed by atoms with E-state index >= 15 is 0 Å². The topological polar surface area (TPSA) is 11.3 Å². The van der Waals surface area contributed by atoms with E-state index in [1.807, 2.05) is 48.5 Å². The predicted octanol–water partition coefficient (Wildman–Crippen LogP) is 3.87. The quantitative estimate of drug-likeness (QED) is 0.379. The highest BCUT2D eigenvalue weighted by molar-refractivity contribution is 5.89. The van der Waals surface area contributed by atoms with Crippen molar-refractivity contribution in [2.45, 2.75) is 0 Å². The lowest BCUT2D eigenvalue weighted by Gasteiger charge is -1.89. The summed E-state index contributed by atoms with van der Waals surface area (Å²) < 4.78 is 13.8. The number of para-hydroxylation sites is 2. The van der Waals surface area contributed by atoms with E-state index in [0.717, 1.165) is 21.9 Å². The largest absolute Gasteiger partial charge is 0.360 e. The number of hydrogen-bond donors (Lipinski definition) is 0. The minimum absolute atomic E-state index is 0.535. The van der Waals surface area contributed by atoms with Crippen LogP contribution >= 0.6 is 0 Å². The Hall–Kier alpha value is -1.89. The van der Waals surface area contributed by atoms with Crippen LogP contribution in [-0.4, -0.2) is 0 Å². The summed E-state index contributed by atoms with van der Waals surface area (Å²) >= 11 is 0. The van der Waals surface area contributed by atoms with Crippen molar-refractivity contribution in [1.82, 2.24) is 0 Å². The highest BCUT2D eigenvalue weighted by atomic mass is 16.3. The molecule has 3 rings (SSSR count). The number of benzene rings is 2. The molecule has 0 saturated heterocycles. The van der Waals surface area contributed by atoms with E-state index in [9.17, 15) is 0 Å². The van der Waals surface area contributed by atoms with Gasteiger partial charge in [-0.2, -0.15) is 0 Å². The van der Waals surface area contributed by atoms with Crippen LogP contribution in [0.25, 0.3) is 21.9 Å². The molecule has 0 atom stereocenters. The summed E-state index contributed by atoms with van der Waals surface area (Å²) in [5.41, 5.74) is 1.53. The van der Waals surface area contributed by atoms with Gasteiger partial charge in [0.25, 0.3) is 0 Å². The van der Waals surface area contributed by atoms with E-state index in [2.05, 4.69) is 0 Å². The fraction of sp³-hybridized carbons (Fsp3) is 0. The zero-order chi connectivity index (χ0) is 10.3.